The second kappa shape index (κ2) is 3.76. The first-order chi connectivity index (χ1) is 7.90. The highest BCUT2D eigenvalue weighted by atomic mass is 16.5. The molecule has 1 aromatic carbocycles. The number of benzene rings is 1. The Bertz CT molecular complexity index is 497. The Morgan fingerprint density at radius 1 is 1.59 bits per heavy atom. The van der Waals surface area contributed by atoms with Crippen LogP contribution in [0.15, 0.2) is 18.2 Å². The maximum Gasteiger partial charge on any atom is 0.318 e. The fraction of sp³-hybridized carbons (Fsp3) is 0.333. The molecule has 1 aliphatic heterocycles. The number of nitrogen functional groups attached to an aromatic ring is 1. The number of anilines is 1. The van der Waals surface area contributed by atoms with Crippen molar-refractivity contribution in [3.8, 4) is 5.75 Å². The molecule has 3 N–H and O–H groups in total. The Labute approximate surface area is 98.2 Å². The normalized spacial score (nSPS) is 22.8. The molecule has 5 heteroatoms. The molecule has 1 aromatic rings. The molecule has 1 heterocycles. The van der Waals surface area contributed by atoms with Crippen molar-refractivity contribution in [2.45, 2.75) is 19.8 Å². The highest BCUT2D eigenvalue weighted by Gasteiger charge is 2.41. The van der Waals surface area contributed by atoms with Crippen molar-refractivity contribution in [3.05, 3.63) is 23.8 Å². The Morgan fingerprint density at radius 2 is 2.29 bits per heavy atom. The van der Waals surface area contributed by atoms with E-state index in [0.29, 0.717) is 17.9 Å². The van der Waals surface area contributed by atoms with E-state index in [1.807, 2.05) is 0 Å². The van der Waals surface area contributed by atoms with Gasteiger partial charge in [0.2, 0.25) is 0 Å². The van der Waals surface area contributed by atoms with Crippen molar-refractivity contribution in [2.24, 2.45) is 5.41 Å². The maximum atomic E-state index is 11.8. The van der Waals surface area contributed by atoms with E-state index >= 15 is 0 Å². The molecule has 0 saturated carbocycles. The highest BCUT2D eigenvalue weighted by Crippen LogP contribution is 2.38. The molecule has 0 aromatic heterocycles. The molecule has 1 atom stereocenters. The number of esters is 1. The maximum absolute atomic E-state index is 11.8. The summed E-state index contributed by atoms with van der Waals surface area (Å²) in [6.45, 7) is 1.60. The molecule has 0 bridgehead atoms. The van der Waals surface area contributed by atoms with Gasteiger partial charge in [-0.2, -0.15) is 0 Å². The van der Waals surface area contributed by atoms with E-state index in [-0.39, 0.29) is 6.42 Å². The number of carboxylic acids is 1. The molecule has 0 spiro atoms. The van der Waals surface area contributed by atoms with Crippen LogP contribution in [-0.4, -0.2) is 17.0 Å². The molecule has 1 unspecified atom stereocenters. The highest BCUT2D eigenvalue weighted by molar-refractivity contribution is 5.86. The molecule has 0 fully saturated rings. The zero-order valence-electron chi connectivity index (χ0n) is 9.40. The molecule has 17 heavy (non-hydrogen) atoms. The Morgan fingerprint density at radius 3 is 2.94 bits per heavy atom. The molecule has 0 radical (unpaired) electrons. The van der Waals surface area contributed by atoms with Crippen molar-refractivity contribution in [1.29, 1.82) is 0 Å². The van der Waals surface area contributed by atoms with Crippen LogP contribution in [0.1, 0.15) is 18.9 Å². The summed E-state index contributed by atoms with van der Waals surface area (Å²) in [5.74, 6) is -1.10. The van der Waals surface area contributed by atoms with Gasteiger partial charge < -0.3 is 15.6 Å². The number of fused-ring (bicyclic) bond motifs is 1. The molecular formula is C12H13NO4. The van der Waals surface area contributed by atoms with Gasteiger partial charge in [-0.3, -0.25) is 9.59 Å². The second-order valence-corrected chi connectivity index (χ2v) is 4.56. The van der Waals surface area contributed by atoms with Gasteiger partial charge in [0.05, 0.1) is 11.8 Å². The molecule has 1 aliphatic rings. The van der Waals surface area contributed by atoms with Crippen molar-refractivity contribution in [2.75, 3.05) is 5.73 Å². The third-order valence-electron chi connectivity index (χ3n) is 2.91. The number of carboxylic acid groups (broad SMARTS) is 1. The van der Waals surface area contributed by atoms with Crippen molar-refractivity contribution in [1.82, 2.24) is 0 Å². The fourth-order valence-corrected chi connectivity index (χ4v) is 2.00. The quantitative estimate of drug-likeness (QED) is 0.457. The van der Waals surface area contributed by atoms with E-state index < -0.39 is 17.4 Å². The van der Waals surface area contributed by atoms with Crippen LogP contribution < -0.4 is 10.5 Å². The van der Waals surface area contributed by atoms with Gasteiger partial charge >= 0.3 is 11.9 Å². The number of rotatable bonds is 2. The summed E-state index contributed by atoms with van der Waals surface area (Å²) in [5.41, 5.74) is 5.91. The van der Waals surface area contributed by atoms with Crippen LogP contribution >= 0.6 is 0 Å². The predicted octanol–water partition coefficient (Wildman–Crippen LogP) is 1.21. The molecule has 0 aliphatic carbocycles. The minimum absolute atomic E-state index is 0.240. The van der Waals surface area contributed by atoms with Gasteiger partial charge in [0.1, 0.15) is 5.75 Å². The van der Waals surface area contributed by atoms with E-state index in [1.54, 1.807) is 25.1 Å². The first kappa shape index (κ1) is 11.4. The molecule has 5 nitrogen and oxygen atoms in total. The lowest BCUT2D eigenvalue weighted by Gasteiger charge is -2.31. The monoisotopic (exact) mass is 235 g/mol. The van der Waals surface area contributed by atoms with E-state index in [9.17, 15) is 9.59 Å². The van der Waals surface area contributed by atoms with Gasteiger partial charge in [-0.15, -0.1) is 0 Å². The van der Waals surface area contributed by atoms with Crippen LogP contribution in [0.5, 0.6) is 5.75 Å². The molecule has 2 rings (SSSR count). The van der Waals surface area contributed by atoms with Gasteiger partial charge in [0.15, 0.2) is 0 Å². The lowest BCUT2D eigenvalue weighted by atomic mass is 9.79. The number of ether oxygens (including phenoxy) is 1. The van der Waals surface area contributed by atoms with Gasteiger partial charge in [-0.25, -0.2) is 0 Å². The summed E-state index contributed by atoms with van der Waals surface area (Å²) in [6, 6.07) is 5.05. The van der Waals surface area contributed by atoms with E-state index in [4.69, 9.17) is 15.6 Å². The molecule has 90 valence electrons. The van der Waals surface area contributed by atoms with Crippen LogP contribution in [0.3, 0.4) is 0 Å². The lowest BCUT2D eigenvalue weighted by molar-refractivity contribution is -0.153. The largest absolute Gasteiger partial charge is 0.481 e. The number of carbonyl (C=O) groups excluding carboxylic acids is 1. The first-order valence-corrected chi connectivity index (χ1v) is 5.23. The van der Waals surface area contributed by atoms with Crippen LogP contribution in [0.4, 0.5) is 5.69 Å². The number of nitrogens with two attached hydrogens (primary N) is 1. The van der Waals surface area contributed by atoms with E-state index in [0.717, 1.165) is 5.56 Å². The minimum Gasteiger partial charge on any atom is -0.481 e. The SMILES string of the molecule is CC1(CC(=O)O)Cc2ccc(N)cc2OC1=O. The number of hydrogen-bond acceptors (Lipinski definition) is 4. The number of aliphatic carboxylic acids is 1. The van der Waals surface area contributed by atoms with Crippen molar-refractivity contribution >= 4 is 17.6 Å². The second-order valence-electron chi connectivity index (χ2n) is 4.56. The minimum atomic E-state index is -1.01. The average Bonchev–Trinajstić information content (AvgIpc) is 2.19. The molecule has 0 saturated heterocycles. The molecule has 0 amide bonds. The van der Waals surface area contributed by atoms with Crippen LogP contribution in [-0.2, 0) is 16.0 Å². The van der Waals surface area contributed by atoms with E-state index in [2.05, 4.69) is 0 Å². The summed E-state index contributed by atoms with van der Waals surface area (Å²) in [6.07, 6.45) is 0.114. The van der Waals surface area contributed by atoms with Gasteiger partial charge in [-0.1, -0.05) is 6.07 Å². The fourth-order valence-electron chi connectivity index (χ4n) is 2.00. The Kier molecular flexibility index (Phi) is 2.53. The van der Waals surface area contributed by atoms with Crippen LogP contribution in [0.2, 0.25) is 0 Å². The smallest absolute Gasteiger partial charge is 0.318 e. The summed E-state index contributed by atoms with van der Waals surface area (Å²) < 4.78 is 5.15. The zero-order valence-corrected chi connectivity index (χ0v) is 9.40. The van der Waals surface area contributed by atoms with Crippen LogP contribution in [0.25, 0.3) is 0 Å². The topological polar surface area (TPSA) is 89.6 Å². The average molecular weight is 235 g/mol. The summed E-state index contributed by atoms with van der Waals surface area (Å²) in [7, 11) is 0. The van der Waals surface area contributed by atoms with Crippen molar-refractivity contribution < 1.29 is 19.4 Å². The Balaban J connectivity index is 2.36. The van der Waals surface area contributed by atoms with Crippen molar-refractivity contribution in [3.63, 3.8) is 0 Å². The summed E-state index contributed by atoms with van der Waals surface area (Å²) in [4.78, 5) is 22.6. The Hall–Kier alpha value is -2.04. The molecular weight excluding hydrogens is 222 g/mol. The summed E-state index contributed by atoms with van der Waals surface area (Å²) in [5, 5.41) is 8.81. The van der Waals surface area contributed by atoms with Gasteiger partial charge in [0.25, 0.3) is 0 Å². The third kappa shape index (κ3) is 2.08. The zero-order chi connectivity index (χ0) is 12.6. The summed E-state index contributed by atoms with van der Waals surface area (Å²) >= 11 is 0. The van der Waals surface area contributed by atoms with E-state index in [1.165, 1.54) is 0 Å². The van der Waals surface area contributed by atoms with Crippen LogP contribution in [0, 0.1) is 5.41 Å². The number of hydrogen-bond donors (Lipinski definition) is 2. The first-order valence-electron chi connectivity index (χ1n) is 5.23. The van der Waals surface area contributed by atoms with Gasteiger partial charge in [0, 0.05) is 11.8 Å². The van der Waals surface area contributed by atoms with Gasteiger partial charge in [-0.05, 0) is 25.0 Å². The standard InChI is InChI=1S/C12H13NO4/c1-12(6-10(14)15)5-7-2-3-8(13)4-9(7)17-11(12)16/h2-4H,5-6,13H2,1H3,(H,14,15). The number of carbonyl (C=O) groups is 2. The lowest BCUT2D eigenvalue weighted by Crippen LogP contribution is -2.39. The predicted molar refractivity (Wildman–Crippen MR) is 60.6 cm³/mol. The third-order valence-corrected chi connectivity index (χ3v) is 2.91.